The molecule has 0 saturated carbocycles. The molecule has 0 bridgehead atoms. The SMILES string of the molecule is CCOC(=O)[C@H]1CCCCN1Cl. The normalized spacial score (nSPS) is 25.3. The predicted molar refractivity (Wildman–Crippen MR) is 46.8 cm³/mol. The highest BCUT2D eigenvalue weighted by atomic mass is 35.5. The second-order valence-corrected chi connectivity index (χ2v) is 3.32. The molecule has 12 heavy (non-hydrogen) atoms. The molecule has 0 amide bonds. The summed E-state index contributed by atoms with van der Waals surface area (Å²) in [7, 11) is 0. The third-order valence-electron chi connectivity index (χ3n) is 2.00. The molecular formula is C8H14ClNO2. The fourth-order valence-electron chi connectivity index (χ4n) is 1.37. The zero-order valence-corrected chi connectivity index (χ0v) is 8.01. The summed E-state index contributed by atoms with van der Waals surface area (Å²) in [5.74, 6) is -0.188. The number of hydrogen-bond donors (Lipinski definition) is 0. The van der Waals surface area contributed by atoms with Crippen molar-refractivity contribution in [3.63, 3.8) is 0 Å². The number of rotatable bonds is 2. The highest BCUT2D eigenvalue weighted by Gasteiger charge is 2.28. The van der Waals surface area contributed by atoms with Gasteiger partial charge in [-0.2, -0.15) is 0 Å². The van der Waals surface area contributed by atoms with Crippen LogP contribution < -0.4 is 0 Å². The van der Waals surface area contributed by atoms with Gasteiger partial charge in [0.15, 0.2) is 0 Å². The summed E-state index contributed by atoms with van der Waals surface area (Å²) in [6.45, 7) is 3.02. The van der Waals surface area contributed by atoms with E-state index < -0.39 is 0 Å². The molecule has 0 unspecified atom stereocenters. The Morgan fingerprint density at radius 1 is 1.67 bits per heavy atom. The molecule has 1 fully saturated rings. The van der Waals surface area contributed by atoms with Crippen molar-refractivity contribution >= 4 is 17.7 Å². The molecular weight excluding hydrogens is 178 g/mol. The summed E-state index contributed by atoms with van der Waals surface area (Å²) in [4.78, 5) is 11.3. The lowest BCUT2D eigenvalue weighted by Gasteiger charge is -2.27. The Morgan fingerprint density at radius 3 is 3.00 bits per heavy atom. The Hall–Kier alpha value is -0.280. The lowest BCUT2D eigenvalue weighted by atomic mass is 10.1. The molecule has 0 spiro atoms. The maximum atomic E-state index is 11.3. The van der Waals surface area contributed by atoms with Crippen LogP contribution in [-0.2, 0) is 9.53 Å². The summed E-state index contributed by atoms with van der Waals surface area (Å²) < 4.78 is 6.44. The Balaban J connectivity index is 2.42. The summed E-state index contributed by atoms with van der Waals surface area (Å²) in [5.41, 5.74) is 0. The van der Waals surface area contributed by atoms with E-state index in [2.05, 4.69) is 0 Å². The van der Waals surface area contributed by atoms with Gasteiger partial charge in [0.1, 0.15) is 6.04 Å². The molecule has 0 N–H and O–H groups in total. The number of carbonyl (C=O) groups excluding carboxylic acids is 1. The van der Waals surface area contributed by atoms with Gasteiger partial charge >= 0.3 is 5.97 Å². The summed E-state index contributed by atoms with van der Waals surface area (Å²) in [6.07, 6.45) is 2.95. The van der Waals surface area contributed by atoms with E-state index in [0.29, 0.717) is 6.61 Å². The zero-order valence-electron chi connectivity index (χ0n) is 7.25. The van der Waals surface area contributed by atoms with E-state index in [1.165, 1.54) is 0 Å². The molecule has 0 aromatic heterocycles. The van der Waals surface area contributed by atoms with Gasteiger partial charge in [-0.25, -0.2) is 4.42 Å². The van der Waals surface area contributed by atoms with Gasteiger partial charge in [0.25, 0.3) is 0 Å². The quantitative estimate of drug-likeness (QED) is 0.490. The van der Waals surface area contributed by atoms with E-state index in [1.54, 1.807) is 11.3 Å². The van der Waals surface area contributed by atoms with Crippen LogP contribution in [0.15, 0.2) is 0 Å². The minimum Gasteiger partial charge on any atom is -0.465 e. The maximum Gasteiger partial charge on any atom is 0.324 e. The number of piperidine rings is 1. The van der Waals surface area contributed by atoms with Crippen molar-refractivity contribution in [3.05, 3.63) is 0 Å². The second-order valence-electron chi connectivity index (χ2n) is 2.89. The van der Waals surface area contributed by atoms with Crippen LogP contribution in [0.3, 0.4) is 0 Å². The molecule has 70 valence electrons. The third kappa shape index (κ3) is 2.35. The van der Waals surface area contributed by atoms with E-state index in [1.807, 2.05) is 0 Å². The van der Waals surface area contributed by atoms with E-state index in [9.17, 15) is 4.79 Å². The smallest absolute Gasteiger partial charge is 0.324 e. The van der Waals surface area contributed by atoms with Crippen molar-refractivity contribution in [3.8, 4) is 0 Å². The fourth-order valence-corrected chi connectivity index (χ4v) is 1.66. The summed E-state index contributed by atoms with van der Waals surface area (Å²) >= 11 is 5.85. The third-order valence-corrected chi connectivity index (χ3v) is 2.40. The van der Waals surface area contributed by atoms with Crippen LogP contribution in [0.4, 0.5) is 0 Å². The first-order valence-corrected chi connectivity index (χ1v) is 4.68. The van der Waals surface area contributed by atoms with Gasteiger partial charge in [0, 0.05) is 6.54 Å². The topological polar surface area (TPSA) is 29.5 Å². The molecule has 0 aromatic rings. The van der Waals surface area contributed by atoms with Crippen LogP contribution in [0.1, 0.15) is 26.2 Å². The van der Waals surface area contributed by atoms with E-state index in [0.717, 1.165) is 25.8 Å². The van der Waals surface area contributed by atoms with Gasteiger partial charge in [-0.1, -0.05) is 0 Å². The second kappa shape index (κ2) is 4.67. The van der Waals surface area contributed by atoms with Crippen molar-refractivity contribution in [1.29, 1.82) is 0 Å². The van der Waals surface area contributed by atoms with Gasteiger partial charge in [-0.15, -0.1) is 0 Å². The Morgan fingerprint density at radius 2 is 2.42 bits per heavy atom. The summed E-state index contributed by atoms with van der Waals surface area (Å²) in [6, 6.07) is -0.222. The highest BCUT2D eigenvalue weighted by molar-refractivity contribution is 6.14. The Kier molecular flexibility index (Phi) is 3.82. The molecule has 4 heteroatoms. The Labute approximate surface area is 77.7 Å². The molecule has 1 heterocycles. The highest BCUT2D eigenvalue weighted by Crippen LogP contribution is 2.19. The number of esters is 1. The van der Waals surface area contributed by atoms with Crippen molar-refractivity contribution in [1.82, 2.24) is 4.42 Å². The van der Waals surface area contributed by atoms with Crippen LogP contribution in [0.2, 0.25) is 0 Å². The molecule has 1 aliphatic heterocycles. The van der Waals surface area contributed by atoms with Gasteiger partial charge < -0.3 is 4.74 Å². The van der Waals surface area contributed by atoms with E-state index in [4.69, 9.17) is 16.5 Å². The van der Waals surface area contributed by atoms with Crippen molar-refractivity contribution in [2.24, 2.45) is 0 Å². The monoisotopic (exact) mass is 191 g/mol. The fraction of sp³-hybridized carbons (Fsp3) is 0.875. The standard InChI is InChI=1S/C8H14ClNO2/c1-2-12-8(11)7-5-3-4-6-10(7)9/h7H,2-6H2,1H3/t7-/m1/s1. The van der Waals surface area contributed by atoms with Gasteiger partial charge in [-0.05, 0) is 38.0 Å². The molecule has 1 atom stereocenters. The largest absolute Gasteiger partial charge is 0.465 e. The predicted octanol–water partition coefficient (Wildman–Crippen LogP) is 1.56. The Bertz CT molecular complexity index is 163. The minimum absolute atomic E-state index is 0.188. The first kappa shape index (κ1) is 9.81. The van der Waals surface area contributed by atoms with Crippen molar-refractivity contribution < 1.29 is 9.53 Å². The van der Waals surface area contributed by atoms with Gasteiger partial charge in [0.05, 0.1) is 6.61 Å². The molecule has 1 rings (SSSR count). The van der Waals surface area contributed by atoms with E-state index >= 15 is 0 Å². The maximum absolute atomic E-state index is 11.3. The van der Waals surface area contributed by atoms with Crippen LogP contribution >= 0.6 is 11.8 Å². The lowest BCUT2D eigenvalue weighted by Crippen LogP contribution is -2.39. The van der Waals surface area contributed by atoms with Crippen LogP contribution in [0, 0.1) is 0 Å². The number of nitrogens with zero attached hydrogens (tertiary/aromatic N) is 1. The van der Waals surface area contributed by atoms with Crippen LogP contribution in [0.25, 0.3) is 0 Å². The lowest BCUT2D eigenvalue weighted by molar-refractivity contribution is -0.148. The molecule has 0 radical (unpaired) electrons. The van der Waals surface area contributed by atoms with Crippen LogP contribution in [-0.4, -0.2) is 29.6 Å². The van der Waals surface area contributed by atoms with E-state index in [-0.39, 0.29) is 12.0 Å². The average molecular weight is 192 g/mol. The van der Waals surface area contributed by atoms with Crippen molar-refractivity contribution in [2.45, 2.75) is 32.2 Å². The number of hydrogen-bond acceptors (Lipinski definition) is 3. The van der Waals surface area contributed by atoms with Gasteiger partial charge in [-0.3, -0.25) is 4.79 Å². The molecule has 3 nitrogen and oxygen atoms in total. The number of halogens is 1. The molecule has 1 aliphatic rings. The molecule has 0 aliphatic carbocycles. The zero-order chi connectivity index (χ0) is 8.97. The summed E-state index contributed by atoms with van der Waals surface area (Å²) in [5, 5.41) is 0. The molecule has 1 saturated heterocycles. The number of ether oxygens (including phenoxy) is 1. The van der Waals surface area contributed by atoms with Crippen LogP contribution in [0.5, 0.6) is 0 Å². The minimum atomic E-state index is -0.222. The number of carbonyl (C=O) groups is 1. The first-order valence-electron chi connectivity index (χ1n) is 4.34. The molecule has 0 aromatic carbocycles. The average Bonchev–Trinajstić information content (AvgIpc) is 2.05. The van der Waals surface area contributed by atoms with Gasteiger partial charge in [0.2, 0.25) is 0 Å². The first-order chi connectivity index (χ1) is 5.75. The van der Waals surface area contributed by atoms with Crippen molar-refractivity contribution in [2.75, 3.05) is 13.2 Å².